The Labute approximate surface area is 98.1 Å². The van der Waals surface area contributed by atoms with Gasteiger partial charge in [0.1, 0.15) is 0 Å². The molecular weight excluding hydrogens is 167 g/mol. The minimum absolute atomic E-state index is 0. The molecule has 0 heterocycles. The Morgan fingerprint density at radius 2 is 1.38 bits per heavy atom. The van der Waals surface area contributed by atoms with Gasteiger partial charge in [0.05, 0.1) is 0 Å². The van der Waals surface area contributed by atoms with Crippen LogP contribution in [0.3, 0.4) is 0 Å². The van der Waals surface area contributed by atoms with Crippen LogP contribution >= 0.6 is 0 Å². The Morgan fingerprint density at radius 3 is 1.85 bits per heavy atom. The quantitative estimate of drug-likeness (QED) is 0.325. The van der Waals surface area contributed by atoms with Crippen molar-refractivity contribution in [3.05, 3.63) is 6.55 Å². The zero-order chi connectivity index (χ0) is 9.45. The van der Waals surface area contributed by atoms with Crippen molar-refractivity contribution >= 4 is 8.07 Å². The van der Waals surface area contributed by atoms with Crippen molar-refractivity contribution in [2.75, 3.05) is 0 Å². The van der Waals surface area contributed by atoms with Crippen molar-refractivity contribution in [3.63, 3.8) is 0 Å². The molecule has 0 N–H and O–H groups in total. The molecule has 0 amide bonds. The maximum Gasteiger partial charge on any atom is 1.00 e. The van der Waals surface area contributed by atoms with Crippen molar-refractivity contribution < 1.29 is 18.9 Å². The molecule has 0 bridgehead atoms. The van der Waals surface area contributed by atoms with Crippen LogP contribution in [-0.2, 0) is 0 Å². The van der Waals surface area contributed by atoms with E-state index >= 15 is 0 Å². The van der Waals surface area contributed by atoms with Crippen LogP contribution in [0.25, 0.3) is 0 Å². The average Bonchev–Trinajstić information content (AvgIpc) is 1.94. The molecular formula is C11H25LiSi. The van der Waals surface area contributed by atoms with E-state index in [0.717, 1.165) is 0 Å². The molecule has 0 aliphatic carbocycles. The van der Waals surface area contributed by atoms with Gasteiger partial charge >= 0.3 is 18.9 Å². The van der Waals surface area contributed by atoms with E-state index in [9.17, 15) is 0 Å². The fraction of sp³-hybridized carbons (Fsp3) is 0.909. The Bertz CT molecular complexity index is 96.8. The Hall–Kier alpha value is 0.814. The smallest absolute Gasteiger partial charge is 0.342 e. The van der Waals surface area contributed by atoms with E-state index in [1.807, 2.05) is 0 Å². The molecule has 0 nitrogen and oxygen atoms in total. The fourth-order valence-corrected chi connectivity index (χ4v) is 2.59. The zero-order valence-corrected chi connectivity index (χ0v) is 11.2. The molecule has 0 aliphatic heterocycles. The maximum atomic E-state index is 4.24. The molecule has 0 radical (unpaired) electrons. The minimum Gasteiger partial charge on any atom is -0.342 e. The first-order valence-electron chi connectivity index (χ1n) is 5.41. The van der Waals surface area contributed by atoms with E-state index in [4.69, 9.17) is 0 Å². The first-order chi connectivity index (χ1) is 5.56. The number of rotatable bonds is 7. The van der Waals surface area contributed by atoms with Gasteiger partial charge in [-0.05, 0) is 0 Å². The summed E-state index contributed by atoms with van der Waals surface area (Å²) < 4.78 is 0. The molecule has 0 spiro atoms. The molecule has 0 saturated heterocycles. The van der Waals surface area contributed by atoms with Crippen LogP contribution in [0.4, 0.5) is 0 Å². The number of hydrogen-bond acceptors (Lipinski definition) is 0. The van der Waals surface area contributed by atoms with Crippen LogP contribution in [0.1, 0.15) is 45.4 Å². The van der Waals surface area contributed by atoms with Gasteiger partial charge in [0.25, 0.3) is 0 Å². The second-order valence-corrected chi connectivity index (χ2v) is 9.51. The summed E-state index contributed by atoms with van der Waals surface area (Å²) in [6, 6.07) is 1.42. The average molecular weight is 192 g/mol. The summed E-state index contributed by atoms with van der Waals surface area (Å²) >= 11 is 0. The molecule has 2 heteroatoms. The van der Waals surface area contributed by atoms with E-state index in [2.05, 4.69) is 26.6 Å². The number of unbranched alkanes of at least 4 members (excludes halogenated alkanes) is 5. The molecule has 0 aromatic carbocycles. The molecule has 0 aliphatic rings. The number of hydrogen-bond donors (Lipinski definition) is 0. The third-order valence-corrected chi connectivity index (χ3v) is 3.91. The van der Waals surface area contributed by atoms with Crippen molar-refractivity contribution in [2.24, 2.45) is 0 Å². The van der Waals surface area contributed by atoms with E-state index < -0.39 is 8.07 Å². The molecule has 13 heavy (non-hydrogen) atoms. The van der Waals surface area contributed by atoms with Crippen LogP contribution in [0.15, 0.2) is 0 Å². The molecule has 0 aromatic rings. The second-order valence-electron chi connectivity index (χ2n) is 4.68. The van der Waals surface area contributed by atoms with Gasteiger partial charge in [-0.3, -0.25) is 0 Å². The van der Waals surface area contributed by atoms with Gasteiger partial charge in [0, 0.05) is 0 Å². The normalized spacial score (nSPS) is 11.1. The molecule has 0 atom stereocenters. The molecule has 0 fully saturated rings. The summed E-state index contributed by atoms with van der Waals surface area (Å²) in [5.74, 6) is 0. The molecule has 0 rings (SSSR count). The van der Waals surface area contributed by atoms with Crippen LogP contribution in [0.5, 0.6) is 0 Å². The first-order valence-corrected chi connectivity index (χ1v) is 8.83. The van der Waals surface area contributed by atoms with Gasteiger partial charge in [0.15, 0.2) is 0 Å². The van der Waals surface area contributed by atoms with Crippen LogP contribution < -0.4 is 18.9 Å². The van der Waals surface area contributed by atoms with E-state index in [0.29, 0.717) is 0 Å². The van der Waals surface area contributed by atoms with E-state index in [1.54, 1.807) is 0 Å². The van der Waals surface area contributed by atoms with Crippen molar-refractivity contribution in [2.45, 2.75) is 64.6 Å². The maximum absolute atomic E-state index is 4.24. The van der Waals surface area contributed by atoms with Crippen LogP contribution in [0, 0.1) is 6.55 Å². The zero-order valence-electron chi connectivity index (χ0n) is 10.2. The van der Waals surface area contributed by atoms with E-state index in [-0.39, 0.29) is 18.9 Å². The van der Waals surface area contributed by atoms with Crippen LogP contribution in [-0.4, -0.2) is 8.07 Å². The van der Waals surface area contributed by atoms with Crippen LogP contribution in [0.2, 0.25) is 19.1 Å². The molecule has 0 saturated carbocycles. The first kappa shape index (κ1) is 16.3. The third kappa shape index (κ3) is 15.6. The Morgan fingerprint density at radius 1 is 0.923 bits per heavy atom. The summed E-state index contributed by atoms with van der Waals surface area (Å²) in [7, 11) is -0.976. The fourth-order valence-electron chi connectivity index (χ4n) is 1.38. The van der Waals surface area contributed by atoms with Crippen molar-refractivity contribution in [3.8, 4) is 0 Å². The summed E-state index contributed by atoms with van der Waals surface area (Å²) in [5, 5.41) is 0. The molecule has 74 valence electrons. The minimum atomic E-state index is -0.976. The van der Waals surface area contributed by atoms with Gasteiger partial charge in [0.2, 0.25) is 0 Å². The second kappa shape index (κ2) is 9.37. The Kier molecular flexibility index (Phi) is 11.7. The van der Waals surface area contributed by atoms with Gasteiger partial charge in [-0.15, -0.1) is 8.07 Å². The third-order valence-electron chi connectivity index (χ3n) is 2.21. The van der Waals surface area contributed by atoms with Gasteiger partial charge in [-0.2, -0.15) is 0 Å². The summed E-state index contributed by atoms with van der Waals surface area (Å²) in [4.78, 5) is 0. The predicted molar refractivity (Wildman–Crippen MR) is 61.0 cm³/mol. The van der Waals surface area contributed by atoms with Gasteiger partial charge in [-0.25, -0.2) is 0 Å². The standard InChI is InChI=1S/C11H25Si.Li/c1-5-6-7-8-9-10-11-12(2,3)4;/h2,5-11H2,1,3-4H3;/q-1;+1. The topological polar surface area (TPSA) is 0 Å². The van der Waals surface area contributed by atoms with Gasteiger partial charge < -0.3 is 6.55 Å². The largest absolute Gasteiger partial charge is 1.00 e. The van der Waals surface area contributed by atoms with Crippen molar-refractivity contribution in [1.82, 2.24) is 0 Å². The Balaban J connectivity index is 0. The monoisotopic (exact) mass is 192 g/mol. The van der Waals surface area contributed by atoms with Crippen molar-refractivity contribution in [1.29, 1.82) is 0 Å². The van der Waals surface area contributed by atoms with E-state index in [1.165, 1.54) is 44.6 Å². The molecule has 0 aromatic heterocycles. The van der Waals surface area contributed by atoms with Gasteiger partial charge in [-0.1, -0.05) is 64.6 Å². The molecule has 0 unspecified atom stereocenters. The summed E-state index contributed by atoms with van der Waals surface area (Å²) in [6.07, 6.45) is 8.52. The summed E-state index contributed by atoms with van der Waals surface area (Å²) in [5.41, 5.74) is 0. The predicted octanol–water partition coefficient (Wildman–Crippen LogP) is 1.43. The SMILES string of the molecule is [CH2-][Si](C)(C)CCCCCCCC.[Li+]. The summed E-state index contributed by atoms with van der Waals surface area (Å²) in [6.45, 7) is 11.2.